The number of likely N-dealkylation sites (tertiary alicyclic amines) is 1. The summed E-state index contributed by atoms with van der Waals surface area (Å²) in [5, 5.41) is 0. The van der Waals surface area contributed by atoms with E-state index in [-0.39, 0.29) is 29.7 Å². The van der Waals surface area contributed by atoms with E-state index in [1.54, 1.807) is 0 Å². The molecule has 5 nitrogen and oxygen atoms in total. The first-order chi connectivity index (χ1) is 11.7. The molecule has 1 aromatic carbocycles. The zero-order chi connectivity index (χ0) is 18.2. The van der Waals surface area contributed by atoms with Crippen LogP contribution in [0.4, 0.5) is 0 Å². The molecule has 1 aromatic rings. The number of sulfonamides is 1. The monoisotopic (exact) mass is 364 g/mol. The predicted octanol–water partition coefficient (Wildman–Crippen LogP) is 2.68. The molecule has 2 heterocycles. The van der Waals surface area contributed by atoms with Crippen molar-refractivity contribution in [1.82, 2.24) is 9.21 Å². The summed E-state index contributed by atoms with van der Waals surface area (Å²) < 4.78 is 25.2. The van der Waals surface area contributed by atoms with Gasteiger partial charge in [-0.2, -0.15) is 4.31 Å². The summed E-state index contributed by atoms with van der Waals surface area (Å²) >= 11 is 0. The van der Waals surface area contributed by atoms with E-state index >= 15 is 0 Å². The maximum absolute atomic E-state index is 12.7. The van der Waals surface area contributed by atoms with E-state index in [4.69, 9.17) is 0 Å². The minimum absolute atomic E-state index is 0.0150. The van der Waals surface area contributed by atoms with Gasteiger partial charge in [-0.1, -0.05) is 45.0 Å². The number of carbonyl (C=O) groups is 1. The number of hydrogen-bond acceptors (Lipinski definition) is 3. The fourth-order valence-corrected chi connectivity index (χ4v) is 5.19. The number of nitrogens with zero attached hydrogens (tertiary/aromatic N) is 2. The third kappa shape index (κ3) is 3.90. The van der Waals surface area contributed by atoms with Gasteiger partial charge in [-0.25, -0.2) is 8.42 Å². The third-order valence-corrected chi connectivity index (χ3v) is 7.15. The predicted molar refractivity (Wildman–Crippen MR) is 98.8 cm³/mol. The number of carbonyl (C=O) groups excluding carboxylic acids is 1. The quantitative estimate of drug-likeness (QED) is 0.828. The molecule has 6 heteroatoms. The Hall–Kier alpha value is -1.40. The van der Waals surface area contributed by atoms with Crippen molar-refractivity contribution in [1.29, 1.82) is 0 Å². The number of benzene rings is 1. The van der Waals surface area contributed by atoms with Crippen LogP contribution in [-0.2, 0) is 20.2 Å². The van der Waals surface area contributed by atoms with E-state index in [9.17, 15) is 13.2 Å². The van der Waals surface area contributed by atoms with Crippen molar-refractivity contribution < 1.29 is 13.2 Å². The molecule has 1 amide bonds. The number of rotatable bonds is 3. The van der Waals surface area contributed by atoms with Crippen molar-refractivity contribution in [3.8, 4) is 0 Å². The van der Waals surface area contributed by atoms with Gasteiger partial charge in [-0.05, 0) is 35.8 Å². The van der Waals surface area contributed by atoms with Crippen LogP contribution in [0.2, 0.25) is 0 Å². The highest BCUT2D eigenvalue weighted by Crippen LogP contribution is 2.33. The molecule has 1 atom stereocenters. The lowest BCUT2D eigenvalue weighted by Crippen LogP contribution is -2.40. The van der Waals surface area contributed by atoms with Crippen LogP contribution in [0.25, 0.3) is 0 Å². The first-order valence-electron chi connectivity index (χ1n) is 9.06. The fraction of sp³-hybridized carbons (Fsp3) is 0.632. The molecular weight excluding hydrogens is 336 g/mol. The second-order valence-electron chi connectivity index (χ2n) is 8.12. The van der Waals surface area contributed by atoms with Gasteiger partial charge in [0, 0.05) is 13.1 Å². The molecule has 0 aromatic heterocycles. The van der Waals surface area contributed by atoms with E-state index in [1.807, 2.05) is 4.90 Å². The molecule has 0 aliphatic carbocycles. The molecule has 2 fully saturated rings. The van der Waals surface area contributed by atoms with Crippen LogP contribution in [0, 0.1) is 0 Å². The topological polar surface area (TPSA) is 57.7 Å². The van der Waals surface area contributed by atoms with E-state index in [1.165, 1.54) is 9.87 Å². The second-order valence-corrected chi connectivity index (χ2v) is 10.2. The van der Waals surface area contributed by atoms with Gasteiger partial charge in [0.15, 0.2) is 0 Å². The number of hydrogen-bond donors (Lipinski definition) is 0. The fourth-order valence-electron chi connectivity index (χ4n) is 3.73. The Labute approximate surface area is 151 Å². The first-order valence-corrected chi connectivity index (χ1v) is 10.7. The lowest BCUT2D eigenvalue weighted by molar-refractivity contribution is -0.132. The minimum atomic E-state index is -3.23. The summed E-state index contributed by atoms with van der Waals surface area (Å²) in [5.41, 5.74) is 2.52. The zero-order valence-electron chi connectivity index (χ0n) is 15.4. The molecule has 1 unspecified atom stereocenters. The molecule has 0 bridgehead atoms. The van der Waals surface area contributed by atoms with Gasteiger partial charge in [-0.3, -0.25) is 4.79 Å². The molecule has 138 valence electrons. The number of amides is 1. The van der Waals surface area contributed by atoms with Gasteiger partial charge >= 0.3 is 0 Å². The van der Waals surface area contributed by atoms with Crippen molar-refractivity contribution in [2.75, 3.05) is 25.4 Å². The van der Waals surface area contributed by atoms with E-state index < -0.39 is 10.0 Å². The van der Waals surface area contributed by atoms with Crippen LogP contribution in [0.5, 0.6) is 0 Å². The molecule has 3 rings (SSSR count). The van der Waals surface area contributed by atoms with Crippen molar-refractivity contribution >= 4 is 15.9 Å². The maximum Gasteiger partial charge on any atom is 0.238 e. The summed E-state index contributed by atoms with van der Waals surface area (Å²) in [7, 11) is -3.23. The van der Waals surface area contributed by atoms with Crippen molar-refractivity contribution in [3.05, 3.63) is 35.4 Å². The molecule has 0 saturated carbocycles. The normalized spacial score (nSPS) is 24.0. The minimum Gasteiger partial charge on any atom is -0.335 e. The van der Waals surface area contributed by atoms with E-state index in [0.717, 1.165) is 18.4 Å². The highest BCUT2D eigenvalue weighted by Gasteiger charge is 2.35. The van der Waals surface area contributed by atoms with Gasteiger partial charge in [0.1, 0.15) is 0 Å². The van der Waals surface area contributed by atoms with Crippen molar-refractivity contribution in [3.63, 3.8) is 0 Å². The Morgan fingerprint density at radius 3 is 2.36 bits per heavy atom. The SMILES string of the molecule is CC(C)(C)c1ccc(C2CCCN2C(=O)CN2CCCS2(=O)=O)cc1. The smallest absolute Gasteiger partial charge is 0.238 e. The first kappa shape index (κ1) is 18.4. The molecule has 0 radical (unpaired) electrons. The van der Waals surface area contributed by atoms with Crippen LogP contribution in [0.1, 0.15) is 57.2 Å². The maximum atomic E-state index is 12.7. The standard InChI is InChI=1S/C19H28N2O3S/c1-19(2,3)16-9-7-15(8-10-16)17-6-4-12-21(17)18(22)14-20-11-5-13-25(20,23)24/h7-10,17H,4-6,11-14H2,1-3H3. The average molecular weight is 365 g/mol. The van der Waals surface area contributed by atoms with Gasteiger partial charge in [0.2, 0.25) is 15.9 Å². The summed E-state index contributed by atoms with van der Waals surface area (Å²) in [6.45, 7) is 7.71. The highest BCUT2D eigenvalue weighted by atomic mass is 32.2. The highest BCUT2D eigenvalue weighted by molar-refractivity contribution is 7.89. The van der Waals surface area contributed by atoms with Gasteiger partial charge in [0.25, 0.3) is 0 Å². The van der Waals surface area contributed by atoms with Crippen LogP contribution in [0.3, 0.4) is 0 Å². The van der Waals surface area contributed by atoms with Gasteiger partial charge in [0.05, 0.1) is 18.3 Å². The lowest BCUT2D eigenvalue weighted by atomic mass is 9.86. The summed E-state index contributed by atoms with van der Waals surface area (Å²) in [6.07, 6.45) is 2.52. The zero-order valence-corrected chi connectivity index (χ0v) is 16.2. The lowest BCUT2D eigenvalue weighted by Gasteiger charge is -2.27. The summed E-state index contributed by atoms with van der Waals surface area (Å²) in [5.74, 6) is 0.0886. The Kier molecular flexibility index (Phi) is 4.95. The Bertz CT molecular complexity index is 735. The third-order valence-electron chi connectivity index (χ3n) is 5.25. The average Bonchev–Trinajstić information content (AvgIpc) is 3.14. The van der Waals surface area contributed by atoms with Crippen molar-refractivity contribution in [2.24, 2.45) is 0 Å². The van der Waals surface area contributed by atoms with E-state index in [2.05, 4.69) is 45.0 Å². The molecule has 0 spiro atoms. The van der Waals surface area contributed by atoms with Crippen LogP contribution >= 0.6 is 0 Å². The Morgan fingerprint density at radius 2 is 1.80 bits per heavy atom. The molecule has 25 heavy (non-hydrogen) atoms. The molecule has 2 saturated heterocycles. The Morgan fingerprint density at radius 1 is 1.12 bits per heavy atom. The van der Waals surface area contributed by atoms with Crippen molar-refractivity contribution in [2.45, 2.75) is 51.5 Å². The molecule has 2 aliphatic heterocycles. The molecule has 2 aliphatic rings. The Balaban J connectivity index is 1.73. The second kappa shape index (κ2) is 6.72. The molecule has 0 N–H and O–H groups in total. The summed E-state index contributed by atoms with van der Waals surface area (Å²) in [4.78, 5) is 14.6. The van der Waals surface area contributed by atoms with Crippen LogP contribution in [0.15, 0.2) is 24.3 Å². The summed E-state index contributed by atoms with van der Waals surface area (Å²) in [6, 6.07) is 8.57. The van der Waals surface area contributed by atoms with E-state index in [0.29, 0.717) is 19.5 Å². The van der Waals surface area contributed by atoms with Gasteiger partial charge in [-0.15, -0.1) is 0 Å². The largest absolute Gasteiger partial charge is 0.335 e. The molecular formula is C19H28N2O3S. The van der Waals surface area contributed by atoms with Gasteiger partial charge < -0.3 is 4.90 Å². The van der Waals surface area contributed by atoms with Crippen LogP contribution in [-0.4, -0.2) is 48.9 Å². The van der Waals surface area contributed by atoms with Crippen LogP contribution < -0.4 is 0 Å².